The first kappa shape index (κ1) is 13.8. The summed E-state index contributed by atoms with van der Waals surface area (Å²) in [5.74, 6) is 0.332. The molecule has 1 aliphatic rings. The molecular formula is C17H15ClN2O. The summed E-state index contributed by atoms with van der Waals surface area (Å²) in [4.78, 5) is 12.0. The molecule has 1 fully saturated rings. The Kier molecular flexibility index (Phi) is 4.02. The van der Waals surface area contributed by atoms with E-state index in [4.69, 9.17) is 11.6 Å². The molecule has 0 bridgehead atoms. The third-order valence-corrected chi connectivity index (χ3v) is 3.83. The summed E-state index contributed by atoms with van der Waals surface area (Å²) in [5.41, 5.74) is 4.68. The van der Waals surface area contributed by atoms with Gasteiger partial charge in [0.15, 0.2) is 0 Å². The van der Waals surface area contributed by atoms with Crippen LogP contribution in [0, 0.1) is 5.92 Å². The van der Waals surface area contributed by atoms with Gasteiger partial charge in [0.1, 0.15) is 0 Å². The minimum atomic E-state index is -0.0258. The molecule has 1 aliphatic carbocycles. The van der Waals surface area contributed by atoms with Gasteiger partial charge in [0.05, 0.1) is 6.21 Å². The number of benzene rings is 2. The Labute approximate surface area is 128 Å². The van der Waals surface area contributed by atoms with Gasteiger partial charge in [0.25, 0.3) is 0 Å². The number of nitrogens with one attached hydrogen (secondary N) is 1. The summed E-state index contributed by atoms with van der Waals surface area (Å²) in [5, 5.41) is 4.64. The van der Waals surface area contributed by atoms with Crippen molar-refractivity contribution in [3.8, 4) is 0 Å². The Morgan fingerprint density at radius 1 is 1.19 bits per heavy atom. The minimum absolute atomic E-state index is 0.0258. The number of hydrazone groups is 1. The molecule has 3 rings (SSSR count). The summed E-state index contributed by atoms with van der Waals surface area (Å²) in [7, 11) is 0. The number of carbonyl (C=O) groups is 1. The number of nitrogens with zero attached hydrogens (tertiary/aromatic N) is 1. The van der Waals surface area contributed by atoms with Crippen LogP contribution in [0.15, 0.2) is 59.7 Å². The van der Waals surface area contributed by atoms with Crippen LogP contribution in [0.4, 0.5) is 0 Å². The van der Waals surface area contributed by atoms with Gasteiger partial charge >= 0.3 is 0 Å². The van der Waals surface area contributed by atoms with E-state index in [2.05, 4.69) is 22.7 Å². The molecule has 0 spiro atoms. The van der Waals surface area contributed by atoms with Crippen LogP contribution in [-0.4, -0.2) is 12.1 Å². The van der Waals surface area contributed by atoms with Crippen molar-refractivity contribution in [3.05, 3.63) is 70.7 Å². The molecule has 0 heterocycles. The van der Waals surface area contributed by atoms with E-state index in [-0.39, 0.29) is 11.8 Å². The lowest BCUT2D eigenvalue weighted by atomic mass is 10.1. The second-order valence-corrected chi connectivity index (χ2v) is 5.59. The van der Waals surface area contributed by atoms with Gasteiger partial charge in [-0.2, -0.15) is 5.10 Å². The molecule has 21 heavy (non-hydrogen) atoms. The Hall–Kier alpha value is -2.13. The molecule has 4 heteroatoms. The van der Waals surface area contributed by atoms with E-state index in [1.165, 1.54) is 5.56 Å². The van der Waals surface area contributed by atoms with E-state index >= 15 is 0 Å². The van der Waals surface area contributed by atoms with Crippen LogP contribution in [-0.2, 0) is 4.79 Å². The van der Waals surface area contributed by atoms with Crippen molar-refractivity contribution >= 4 is 23.7 Å². The predicted molar refractivity (Wildman–Crippen MR) is 84.5 cm³/mol. The monoisotopic (exact) mass is 298 g/mol. The van der Waals surface area contributed by atoms with E-state index in [1.54, 1.807) is 18.3 Å². The first-order valence-electron chi connectivity index (χ1n) is 6.87. The summed E-state index contributed by atoms with van der Waals surface area (Å²) in [6, 6.07) is 17.4. The van der Waals surface area contributed by atoms with Gasteiger partial charge in [-0.05, 0) is 35.6 Å². The van der Waals surface area contributed by atoms with Crippen LogP contribution >= 0.6 is 11.6 Å². The van der Waals surface area contributed by atoms with Crippen molar-refractivity contribution in [2.45, 2.75) is 12.3 Å². The van der Waals surface area contributed by atoms with Gasteiger partial charge < -0.3 is 0 Å². The van der Waals surface area contributed by atoms with Crippen LogP contribution in [0.3, 0.4) is 0 Å². The molecule has 1 amide bonds. The summed E-state index contributed by atoms with van der Waals surface area (Å²) in [6.07, 6.45) is 2.49. The topological polar surface area (TPSA) is 41.5 Å². The molecule has 1 saturated carbocycles. The normalized spacial score (nSPS) is 20.4. The molecule has 106 valence electrons. The maximum absolute atomic E-state index is 12.0. The number of amides is 1. The zero-order chi connectivity index (χ0) is 14.7. The number of rotatable bonds is 4. The lowest BCUT2D eigenvalue weighted by Crippen LogP contribution is -2.20. The average Bonchev–Trinajstić information content (AvgIpc) is 3.29. The zero-order valence-corrected chi connectivity index (χ0v) is 12.1. The van der Waals surface area contributed by atoms with Crippen molar-refractivity contribution in [2.75, 3.05) is 0 Å². The fraction of sp³-hybridized carbons (Fsp3) is 0.176. The fourth-order valence-electron chi connectivity index (χ4n) is 2.39. The number of hydrogen-bond acceptors (Lipinski definition) is 2. The predicted octanol–water partition coefficient (Wildman–Crippen LogP) is 3.59. The van der Waals surface area contributed by atoms with E-state index in [9.17, 15) is 4.79 Å². The van der Waals surface area contributed by atoms with Crippen LogP contribution in [0.1, 0.15) is 23.5 Å². The van der Waals surface area contributed by atoms with Crippen LogP contribution in [0.2, 0.25) is 5.02 Å². The number of halogens is 1. The third kappa shape index (κ3) is 3.50. The average molecular weight is 299 g/mol. The van der Waals surface area contributed by atoms with E-state index in [0.29, 0.717) is 10.9 Å². The van der Waals surface area contributed by atoms with Crippen molar-refractivity contribution in [2.24, 2.45) is 11.0 Å². The number of carbonyl (C=O) groups excluding carboxylic acids is 1. The summed E-state index contributed by atoms with van der Waals surface area (Å²) < 4.78 is 0. The highest BCUT2D eigenvalue weighted by atomic mass is 35.5. The lowest BCUT2D eigenvalue weighted by Gasteiger charge is -2.00. The minimum Gasteiger partial charge on any atom is -0.273 e. The van der Waals surface area contributed by atoms with Gasteiger partial charge in [-0.15, -0.1) is 0 Å². The summed E-state index contributed by atoms with van der Waals surface area (Å²) in [6.45, 7) is 0. The smallest absolute Gasteiger partial charge is 0.243 e. The van der Waals surface area contributed by atoms with Crippen molar-refractivity contribution in [1.29, 1.82) is 0 Å². The Bertz CT molecular complexity index is 670. The van der Waals surface area contributed by atoms with Gasteiger partial charge in [0.2, 0.25) is 5.91 Å². The SMILES string of the molecule is O=C(N/N=C/c1cccc(Cl)c1)[C@H]1C[C@@H]1c1ccccc1. The quantitative estimate of drug-likeness (QED) is 0.680. The molecule has 0 unspecified atom stereocenters. The zero-order valence-electron chi connectivity index (χ0n) is 11.4. The fourth-order valence-corrected chi connectivity index (χ4v) is 2.59. The molecule has 2 aromatic carbocycles. The molecule has 0 saturated heterocycles. The molecule has 2 aromatic rings. The Balaban J connectivity index is 1.54. The van der Waals surface area contributed by atoms with E-state index in [0.717, 1.165) is 12.0 Å². The van der Waals surface area contributed by atoms with Crippen molar-refractivity contribution in [3.63, 3.8) is 0 Å². The van der Waals surface area contributed by atoms with E-state index in [1.807, 2.05) is 30.3 Å². The largest absolute Gasteiger partial charge is 0.273 e. The highest BCUT2D eigenvalue weighted by molar-refractivity contribution is 6.30. The van der Waals surface area contributed by atoms with Gasteiger partial charge in [-0.1, -0.05) is 54.1 Å². The maximum Gasteiger partial charge on any atom is 0.243 e. The van der Waals surface area contributed by atoms with Gasteiger partial charge in [0, 0.05) is 10.9 Å². The Morgan fingerprint density at radius 2 is 2.00 bits per heavy atom. The molecule has 0 aromatic heterocycles. The second-order valence-electron chi connectivity index (χ2n) is 5.15. The van der Waals surface area contributed by atoms with E-state index < -0.39 is 0 Å². The maximum atomic E-state index is 12.0. The second kappa shape index (κ2) is 6.10. The van der Waals surface area contributed by atoms with Crippen LogP contribution < -0.4 is 5.43 Å². The molecular weight excluding hydrogens is 284 g/mol. The molecule has 2 atom stereocenters. The van der Waals surface area contributed by atoms with Gasteiger partial charge in [-0.3, -0.25) is 4.79 Å². The molecule has 0 radical (unpaired) electrons. The van der Waals surface area contributed by atoms with Crippen LogP contribution in [0.5, 0.6) is 0 Å². The first-order chi connectivity index (χ1) is 10.2. The summed E-state index contributed by atoms with van der Waals surface area (Å²) >= 11 is 5.88. The first-order valence-corrected chi connectivity index (χ1v) is 7.25. The molecule has 3 nitrogen and oxygen atoms in total. The molecule has 0 aliphatic heterocycles. The van der Waals surface area contributed by atoms with Crippen LogP contribution in [0.25, 0.3) is 0 Å². The van der Waals surface area contributed by atoms with Crippen molar-refractivity contribution in [1.82, 2.24) is 5.43 Å². The highest BCUT2D eigenvalue weighted by Crippen LogP contribution is 2.47. The third-order valence-electron chi connectivity index (χ3n) is 3.59. The Morgan fingerprint density at radius 3 is 2.76 bits per heavy atom. The van der Waals surface area contributed by atoms with Crippen molar-refractivity contribution < 1.29 is 4.79 Å². The molecule has 1 N–H and O–H groups in total. The highest BCUT2D eigenvalue weighted by Gasteiger charge is 2.43. The number of hydrogen-bond donors (Lipinski definition) is 1. The van der Waals surface area contributed by atoms with Gasteiger partial charge in [-0.25, -0.2) is 5.43 Å². The lowest BCUT2D eigenvalue weighted by molar-refractivity contribution is -0.122. The standard InChI is InChI=1S/C17H15ClN2O/c18-14-8-4-5-12(9-14)11-19-20-17(21)16-10-15(16)13-6-2-1-3-7-13/h1-9,11,15-16H,10H2,(H,20,21)/b19-11+/t15-,16+/m1/s1.